The Morgan fingerprint density at radius 2 is 1.50 bits per heavy atom. The number of aliphatic hydroxyl groups excluding tert-OH is 1. The number of nitrogens with zero attached hydrogens (tertiary/aromatic N) is 1. The first kappa shape index (κ1) is 37.4. The minimum absolute atomic E-state index is 0.0278. The van der Waals surface area contributed by atoms with Crippen LogP contribution >= 0.6 is 11.8 Å². The first-order valence-electron chi connectivity index (χ1n) is 17.2. The molecule has 52 heavy (non-hydrogen) atoms. The van der Waals surface area contributed by atoms with Crippen molar-refractivity contribution < 1.29 is 27.8 Å². The van der Waals surface area contributed by atoms with Crippen LogP contribution in [0.25, 0.3) is 0 Å². The summed E-state index contributed by atoms with van der Waals surface area (Å²) in [6.07, 6.45) is 0.947. The van der Waals surface area contributed by atoms with Crippen LogP contribution in [-0.4, -0.2) is 42.3 Å². The molecule has 5 aromatic rings. The van der Waals surface area contributed by atoms with Crippen molar-refractivity contribution in [2.24, 2.45) is 5.92 Å². The summed E-state index contributed by atoms with van der Waals surface area (Å²) in [4.78, 5) is 18.1. The highest BCUT2D eigenvalue weighted by Gasteiger charge is 2.38. The van der Waals surface area contributed by atoms with E-state index in [0.717, 1.165) is 38.4 Å². The van der Waals surface area contributed by atoms with Crippen LogP contribution in [-0.2, 0) is 43.9 Å². The van der Waals surface area contributed by atoms with Gasteiger partial charge in [0.1, 0.15) is 6.04 Å². The van der Waals surface area contributed by atoms with Gasteiger partial charge < -0.3 is 19.9 Å². The number of amides is 1. The second-order valence-corrected chi connectivity index (χ2v) is 15.7. The minimum atomic E-state index is -3.95. The molecule has 4 aromatic carbocycles. The average molecular weight is 738 g/mol. The Kier molecular flexibility index (Phi) is 12.5. The zero-order chi connectivity index (χ0) is 36.5. The Morgan fingerprint density at radius 3 is 2.17 bits per heavy atom. The molecule has 6 rings (SSSR count). The van der Waals surface area contributed by atoms with E-state index >= 15 is 0 Å². The molecule has 2 heterocycles. The normalized spacial score (nSPS) is 19.5. The second-order valence-electron chi connectivity index (χ2n) is 12.9. The lowest BCUT2D eigenvalue weighted by Crippen LogP contribution is -2.47. The van der Waals surface area contributed by atoms with Gasteiger partial charge in [0.15, 0.2) is 6.29 Å². The predicted molar refractivity (Wildman–Crippen MR) is 202 cm³/mol. The third kappa shape index (κ3) is 9.74. The minimum Gasteiger partial charge on any atom is -0.392 e. The van der Waals surface area contributed by atoms with Crippen molar-refractivity contribution in [1.29, 1.82) is 0 Å². The number of aromatic nitrogens is 1. The van der Waals surface area contributed by atoms with Gasteiger partial charge in [0.05, 0.1) is 28.7 Å². The molecule has 0 spiro atoms. The average Bonchev–Trinajstić information content (AvgIpc) is 3.17. The van der Waals surface area contributed by atoms with Crippen molar-refractivity contribution in [3.8, 4) is 0 Å². The van der Waals surface area contributed by atoms with Gasteiger partial charge in [-0.3, -0.25) is 4.79 Å². The summed E-state index contributed by atoms with van der Waals surface area (Å²) >= 11 is 1.64. The maximum atomic E-state index is 13.5. The van der Waals surface area contributed by atoms with Gasteiger partial charge in [-0.25, -0.2) is 13.4 Å². The van der Waals surface area contributed by atoms with E-state index in [1.54, 1.807) is 30.1 Å². The Morgan fingerprint density at radius 1 is 0.827 bits per heavy atom. The summed E-state index contributed by atoms with van der Waals surface area (Å²) in [7, 11) is -3.95. The summed E-state index contributed by atoms with van der Waals surface area (Å²) in [6.45, 7) is 4.18. The van der Waals surface area contributed by atoms with Crippen molar-refractivity contribution in [2.45, 2.75) is 67.9 Å². The monoisotopic (exact) mass is 737 g/mol. The van der Waals surface area contributed by atoms with E-state index in [-0.39, 0.29) is 42.6 Å². The number of carbonyl (C=O) groups is 1. The van der Waals surface area contributed by atoms with Gasteiger partial charge in [0.25, 0.3) is 0 Å². The van der Waals surface area contributed by atoms with E-state index in [0.29, 0.717) is 5.75 Å². The highest BCUT2D eigenvalue weighted by molar-refractivity contribution is 7.99. The third-order valence-corrected chi connectivity index (χ3v) is 11.6. The quantitative estimate of drug-likeness (QED) is 0.108. The van der Waals surface area contributed by atoms with E-state index in [1.807, 2.05) is 104 Å². The molecular weight excluding hydrogens is 695 g/mol. The number of sulfonamides is 1. The lowest BCUT2D eigenvalue weighted by Gasteiger charge is -2.41. The number of benzene rings is 4. The molecule has 1 unspecified atom stereocenters. The molecule has 0 aliphatic carbocycles. The van der Waals surface area contributed by atoms with Crippen LogP contribution < -0.4 is 10.0 Å². The van der Waals surface area contributed by atoms with Gasteiger partial charge in [0, 0.05) is 30.0 Å². The molecule has 1 amide bonds. The van der Waals surface area contributed by atoms with Crippen molar-refractivity contribution >= 4 is 27.7 Å². The fourth-order valence-electron chi connectivity index (χ4n) is 6.03. The van der Waals surface area contributed by atoms with Gasteiger partial charge in [0.2, 0.25) is 15.9 Å². The summed E-state index contributed by atoms with van der Waals surface area (Å²) in [5.41, 5.74) is 5.28. The van der Waals surface area contributed by atoms with E-state index in [9.17, 15) is 18.3 Å². The number of ether oxygens (including phenoxy) is 2. The SMILES string of the molecule is Cc1ccc(S(=O)(=O)N[C@H](Cc2ccccc2)C(=O)NCc2ccc(C3O[C@H](CSc4ccccn4)[C@H](C)[C@H](c4ccc(CO)cc4)O3)cc2)cc1. The predicted octanol–water partition coefficient (Wildman–Crippen LogP) is 6.67. The van der Waals surface area contributed by atoms with Crippen LogP contribution in [0, 0.1) is 12.8 Å². The number of thioether (sulfide) groups is 1. The molecule has 0 saturated carbocycles. The van der Waals surface area contributed by atoms with E-state index in [4.69, 9.17) is 9.47 Å². The molecule has 1 saturated heterocycles. The maximum Gasteiger partial charge on any atom is 0.241 e. The Labute approximate surface area is 309 Å². The van der Waals surface area contributed by atoms with Gasteiger partial charge in [-0.05, 0) is 59.9 Å². The molecule has 1 aliphatic heterocycles. The largest absolute Gasteiger partial charge is 0.392 e. The smallest absolute Gasteiger partial charge is 0.241 e. The molecule has 5 atom stereocenters. The Balaban J connectivity index is 1.15. The fourth-order valence-corrected chi connectivity index (χ4v) is 8.25. The number of pyridine rings is 1. The Hall–Kier alpha value is -4.36. The van der Waals surface area contributed by atoms with Crippen molar-refractivity contribution in [3.05, 3.63) is 161 Å². The van der Waals surface area contributed by atoms with Crippen LogP contribution in [0.5, 0.6) is 0 Å². The number of aryl methyl sites for hydroxylation is 1. The second kappa shape index (κ2) is 17.4. The van der Waals surface area contributed by atoms with Gasteiger partial charge >= 0.3 is 0 Å². The molecule has 1 aromatic heterocycles. The topological polar surface area (TPSA) is 127 Å². The highest BCUT2D eigenvalue weighted by atomic mass is 32.2. The summed E-state index contributed by atoms with van der Waals surface area (Å²) in [6, 6.07) is 36.2. The lowest BCUT2D eigenvalue weighted by atomic mass is 9.91. The zero-order valence-electron chi connectivity index (χ0n) is 29.1. The highest BCUT2D eigenvalue weighted by Crippen LogP contribution is 2.43. The zero-order valence-corrected chi connectivity index (χ0v) is 30.7. The molecule has 1 fully saturated rings. The standard InChI is InChI=1S/C41H43N3O6S2/c1-28-11-21-35(22-12-28)52(47,48)44-36(24-30-8-4-3-5-9-30)40(46)43-25-31-13-19-34(20-14-31)41-49-37(27-51-38-10-6-7-23-42-38)29(2)39(50-41)33-17-15-32(26-45)16-18-33/h3-23,29,36-37,39,41,44-45H,24-27H2,1-2H3,(H,43,46)/t29-,36+,37+,39+,41?/m0/s1. The number of hydrogen-bond acceptors (Lipinski definition) is 8. The molecule has 11 heteroatoms. The molecule has 1 aliphatic rings. The molecule has 9 nitrogen and oxygen atoms in total. The van der Waals surface area contributed by atoms with Crippen LogP contribution in [0.2, 0.25) is 0 Å². The fraction of sp³-hybridized carbons (Fsp3) is 0.268. The van der Waals surface area contributed by atoms with Gasteiger partial charge in [-0.15, -0.1) is 11.8 Å². The number of rotatable bonds is 14. The van der Waals surface area contributed by atoms with Crippen molar-refractivity contribution in [1.82, 2.24) is 15.0 Å². The van der Waals surface area contributed by atoms with Crippen molar-refractivity contribution in [2.75, 3.05) is 5.75 Å². The number of nitrogens with one attached hydrogen (secondary N) is 2. The molecular formula is C41H43N3O6S2. The number of aliphatic hydroxyl groups is 1. The van der Waals surface area contributed by atoms with E-state index in [1.165, 1.54) is 12.1 Å². The molecule has 0 radical (unpaired) electrons. The molecule has 3 N–H and O–H groups in total. The van der Waals surface area contributed by atoms with Crippen LogP contribution in [0.4, 0.5) is 0 Å². The van der Waals surface area contributed by atoms with Crippen LogP contribution in [0.3, 0.4) is 0 Å². The third-order valence-electron chi connectivity index (χ3n) is 9.10. The van der Waals surface area contributed by atoms with Crippen LogP contribution in [0.15, 0.2) is 137 Å². The molecule has 270 valence electrons. The summed E-state index contributed by atoms with van der Waals surface area (Å²) < 4.78 is 42.4. The summed E-state index contributed by atoms with van der Waals surface area (Å²) in [5, 5.41) is 13.4. The van der Waals surface area contributed by atoms with Crippen molar-refractivity contribution in [3.63, 3.8) is 0 Å². The number of carbonyl (C=O) groups excluding carboxylic acids is 1. The lowest BCUT2D eigenvalue weighted by molar-refractivity contribution is -0.268. The number of hydrogen-bond donors (Lipinski definition) is 3. The van der Waals surface area contributed by atoms with Gasteiger partial charge in [-0.2, -0.15) is 4.72 Å². The summed E-state index contributed by atoms with van der Waals surface area (Å²) in [5.74, 6) is 0.291. The molecule has 0 bridgehead atoms. The first-order valence-corrected chi connectivity index (χ1v) is 19.7. The Bertz CT molecular complexity index is 2000. The maximum absolute atomic E-state index is 13.5. The van der Waals surface area contributed by atoms with Crippen LogP contribution in [0.1, 0.15) is 52.7 Å². The van der Waals surface area contributed by atoms with E-state index in [2.05, 4.69) is 21.9 Å². The first-order chi connectivity index (χ1) is 25.2. The van der Waals surface area contributed by atoms with E-state index < -0.39 is 28.3 Å². The van der Waals surface area contributed by atoms with Gasteiger partial charge in [-0.1, -0.05) is 110 Å².